The van der Waals surface area contributed by atoms with Crippen molar-refractivity contribution in [1.82, 2.24) is 14.8 Å². The van der Waals surface area contributed by atoms with E-state index in [9.17, 15) is 4.79 Å². The van der Waals surface area contributed by atoms with E-state index in [2.05, 4.69) is 22.3 Å². The molecule has 2 aliphatic rings. The maximum absolute atomic E-state index is 12.9. The van der Waals surface area contributed by atoms with Crippen LogP contribution in [-0.4, -0.2) is 41.9 Å². The van der Waals surface area contributed by atoms with Crippen molar-refractivity contribution < 1.29 is 19.0 Å². The van der Waals surface area contributed by atoms with Crippen molar-refractivity contribution in [2.24, 2.45) is 5.92 Å². The second kappa shape index (κ2) is 6.61. The molecule has 1 aliphatic heterocycles. The summed E-state index contributed by atoms with van der Waals surface area (Å²) >= 11 is 0. The van der Waals surface area contributed by atoms with E-state index >= 15 is 0 Å². The van der Waals surface area contributed by atoms with Gasteiger partial charge in [-0.2, -0.15) is 10.1 Å². The molecule has 2 atom stereocenters. The molecule has 2 aromatic rings. The van der Waals surface area contributed by atoms with Gasteiger partial charge in [0.25, 0.3) is 0 Å². The summed E-state index contributed by atoms with van der Waals surface area (Å²) in [5.74, 6) is 2.61. The molecule has 0 bridgehead atoms. The molecule has 0 saturated carbocycles. The lowest BCUT2D eigenvalue weighted by atomic mass is 9.81. The lowest BCUT2D eigenvalue weighted by Crippen LogP contribution is -2.33. The minimum absolute atomic E-state index is 0.121. The number of fused-ring (bicyclic) bond motifs is 1. The van der Waals surface area contributed by atoms with Crippen molar-refractivity contribution in [1.29, 1.82) is 0 Å². The Balaban J connectivity index is 1.93. The van der Waals surface area contributed by atoms with E-state index in [1.54, 1.807) is 26.0 Å². The molecule has 0 saturated heterocycles. The van der Waals surface area contributed by atoms with Crippen LogP contribution in [0.2, 0.25) is 0 Å². The lowest BCUT2D eigenvalue weighted by molar-refractivity contribution is -0.117. The Morgan fingerprint density at radius 1 is 1.11 bits per heavy atom. The Bertz CT molecular complexity index is 909. The molecule has 4 rings (SSSR count). The number of carbonyl (C=O) groups excluding carboxylic acids is 1. The second-order valence-electron chi connectivity index (χ2n) is 6.84. The van der Waals surface area contributed by atoms with Gasteiger partial charge in [0.05, 0.1) is 21.3 Å². The van der Waals surface area contributed by atoms with Gasteiger partial charge >= 0.3 is 0 Å². The van der Waals surface area contributed by atoms with E-state index in [1.165, 1.54) is 6.33 Å². The van der Waals surface area contributed by atoms with Crippen molar-refractivity contribution in [3.63, 3.8) is 0 Å². The zero-order valence-corrected chi connectivity index (χ0v) is 15.8. The highest BCUT2D eigenvalue weighted by Crippen LogP contribution is 2.45. The van der Waals surface area contributed by atoms with Crippen LogP contribution in [0.4, 0.5) is 5.95 Å². The summed E-state index contributed by atoms with van der Waals surface area (Å²) in [6.07, 6.45) is 2.81. The second-order valence-corrected chi connectivity index (χ2v) is 6.84. The summed E-state index contributed by atoms with van der Waals surface area (Å²) in [4.78, 5) is 17.2. The van der Waals surface area contributed by atoms with Crippen LogP contribution < -0.4 is 19.5 Å². The summed E-state index contributed by atoms with van der Waals surface area (Å²) in [6, 6.07) is 3.32. The molecule has 8 nitrogen and oxygen atoms in total. The quantitative estimate of drug-likeness (QED) is 0.885. The zero-order valence-electron chi connectivity index (χ0n) is 15.8. The molecular formula is C19H22N4O4. The first-order chi connectivity index (χ1) is 13.1. The molecule has 0 spiro atoms. The Labute approximate surface area is 157 Å². The van der Waals surface area contributed by atoms with Gasteiger partial charge in [0, 0.05) is 17.7 Å². The van der Waals surface area contributed by atoms with Gasteiger partial charge in [0.15, 0.2) is 17.3 Å². The molecule has 27 heavy (non-hydrogen) atoms. The molecule has 1 aliphatic carbocycles. The maximum atomic E-state index is 12.9. The van der Waals surface area contributed by atoms with Crippen LogP contribution in [0.5, 0.6) is 17.2 Å². The fourth-order valence-electron chi connectivity index (χ4n) is 3.91. The first-order valence-corrected chi connectivity index (χ1v) is 8.80. The van der Waals surface area contributed by atoms with Gasteiger partial charge in [-0.1, -0.05) is 6.92 Å². The van der Waals surface area contributed by atoms with Crippen molar-refractivity contribution in [3.05, 3.63) is 35.3 Å². The molecule has 0 amide bonds. The zero-order chi connectivity index (χ0) is 19.1. The third-order valence-electron chi connectivity index (χ3n) is 5.07. The number of allylic oxidation sites excluding steroid dienone is 2. The predicted molar refractivity (Wildman–Crippen MR) is 98.3 cm³/mol. The van der Waals surface area contributed by atoms with Gasteiger partial charge in [-0.25, -0.2) is 4.68 Å². The molecule has 0 radical (unpaired) electrons. The number of nitrogens with one attached hydrogen (secondary N) is 1. The van der Waals surface area contributed by atoms with Gasteiger partial charge in [-0.3, -0.25) is 4.79 Å². The third-order valence-corrected chi connectivity index (χ3v) is 5.07. The molecule has 142 valence electrons. The number of Topliss-reactive ketones (excluding diaryl/α,β-unsaturated/α-hetero) is 1. The third kappa shape index (κ3) is 2.72. The Hall–Kier alpha value is -3.03. The average Bonchev–Trinajstić information content (AvgIpc) is 3.12. The van der Waals surface area contributed by atoms with Crippen LogP contribution in [0.1, 0.15) is 31.4 Å². The van der Waals surface area contributed by atoms with Gasteiger partial charge in [0.2, 0.25) is 11.7 Å². The monoisotopic (exact) mass is 370 g/mol. The highest BCUT2D eigenvalue weighted by atomic mass is 16.5. The van der Waals surface area contributed by atoms with Crippen LogP contribution in [0, 0.1) is 5.92 Å². The number of rotatable bonds is 4. The minimum Gasteiger partial charge on any atom is -0.493 e. The first kappa shape index (κ1) is 17.4. The fourth-order valence-corrected chi connectivity index (χ4v) is 3.91. The molecule has 1 aromatic carbocycles. The Morgan fingerprint density at radius 2 is 1.81 bits per heavy atom. The van der Waals surface area contributed by atoms with E-state index in [1.807, 2.05) is 12.1 Å². The SMILES string of the molecule is COc1cc([C@H]2C3=C(C[C@@H](C)CC3=O)Nc3ncnn32)cc(OC)c1OC. The number of ether oxygens (including phenoxy) is 3. The van der Waals surface area contributed by atoms with Crippen LogP contribution in [0.25, 0.3) is 0 Å². The van der Waals surface area contributed by atoms with Gasteiger partial charge < -0.3 is 19.5 Å². The number of carbonyl (C=O) groups is 1. The Kier molecular flexibility index (Phi) is 4.25. The molecular weight excluding hydrogens is 348 g/mol. The predicted octanol–water partition coefficient (Wildman–Crippen LogP) is 2.57. The molecule has 1 N–H and O–H groups in total. The number of aromatic nitrogens is 3. The standard InChI is InChI=1S/C19H22N4O4/c1-10-5-12-16(13(24)6-10)17(23-19(22-12)20-9-21-23)11-7-14(25-2)18(27-4)15(8-11)26-3/h7-10,17H,5-6H2,1-4H3,(H,20,21,22)/t10-,17+/m1/s1. The van der Waals surface area contributed by atoms with Crippen LogP contribution >= 0.6 is 0 Å². The van der Waals surface area contributed by atoms with E-state index in [0.29, 0.717) is 35.5 Å². The highest BCUT2D eigenvalue weighted by molar-refractivity contribution is 5.99. The first-order valence-electron chi connectivity index (χ1n) is 8.80. The maximum Gasteiger partial charge on any atom is 0.226 e. The number of hydrogen-bond donors (Lipinski definition) is 1. The van der Waals surface area contributed by atoms with Crippen LogP contribution in [0.15, 0.2) is 29.7 Å². The summed E-state index contributed by atoms with van der Waals surface area (Å²) in [6.45, 7) is 2.08. The number of benzene rings is 1. The van der Waals surface area contributed by atoms with Crippen molar-refractivity contribution in [3.8, 4) is 17.2 Å². The normalized spacial score (nSPS) is 21.3. The van der Waals surface area contributed by atoms with E-state index in [-0.39, 0.29) is 5.78 Å². The Morgan fingerprint density at radius 3 is 2.44 bits per heavy atom. The van der Waals surface area contributed by atoms with E-state index in [0.717, 1.165) is 23.3 Å². The number of nitrogens with zero attached hydrogens (tertiary/aromatic N) is 3. The average molecular weight is 370 g/mol. The summed E-state index contributed by atoms with van der Waals surface area (Å²) in [7, 11) is 4.71. The number of ketones is 1. The van der Waals surface area contributed by atoms with Crippen molar-refractivity contribution in [2.75, 3.05) is 26.6 Å². The summed E-state index contributed by atoms with van der Waals surface area (Å²) < 4.78 is 18.1. The molecule has 8 heteroatoms. The van der Waals surface area contributed by atoms with Gasteiger partial charge in [-0.15, -0.1) is 0 Å². The van der Waals surface area contributed by atoms with Crippen LogP contribution in [-0.2, 0) is 4.79 Å². The molecule has 2 heterocycles. The minimum atomic E-state index is -0.396. The highest BCUT2D eigenvalue weighted by Gasteiger charge is 2.38. The smallest absolute Gasteiger partial charge is 0.226 e. The largest absolute Gasteiger partial charge is 0.493 e. The van der Waals surface area contributed by atoms with Crippen molar-refractivity contribution >= 4 is 11.7 Å². The lowest BCUT2D eigenvalue weighted by Gasteiger charge is -2.34. The fraction of sp³-hybridized carbons (Fsp3) is 0.421. The van der Waals surface area contributed by atoms with E-state index < -0.39 is 6.04 Å². The van der Waals surface area contributed by atoms with Crippen molar-refractivity contribution in [2.45, 2.75) is 25.8 Å². The number of methoxy groups -OCH3 is 3. The molecule has 1 aromatic heterocycles. The molecule has 0 fully saturated rings. The van der Waals surface area contributed by atoms with Gasteiger partial charge in [-0.05, 0) is 30.0 Å². The van der Waals surface area contributed by atoms with E-state index in [4.69, 9.17) is 14.2 Å². The topological polar surface area (TPSA) is 87.5 Å². The van der Waals surface area contributed by atoms with Gasteiger partial charge in [0.1, 0.15) is 12.4 Å². The number of anilines is 1. The van der Waals surface area contributed by atoms with Crippen LogP contribution in [0.3, 0.4) is 0 Å². The summed E-state index contributed by atoms with van der Waals surface area (Å²) in [5.41, 5.74) is 2.46. The number of hydrogen-bond acceptors (Lipinski definition) is 7. The summed E-state index contributed by atoms with van der Waals surface area (Å²) in [5, 5.41) is 7.64. The molecule has 0 unspecified atom stereocenters.